The molecule has 0 fully saturated rings. The Kier molecular flexibility index (Phi) is 4.51. The molecule has 16 heavy (non-hydrogen) atoms. The van der Waals surface area contributed by atoms with Crippen LogP contribution in [0, 0.1) is 0 Å². The summed E-state index contributed by atoms with van der Waals surface area (Å²) in [6.07, 6.45) is -1.81. The number of aliphatic hydroxyl groups is 1. The van der Waals surface area contributed by atoms with E-state index < -0.39 is 24.6 Å². The van der Waals surface area contributed by atoms with Crippen molar-refractivity contribution in [1.82, 2.24) is 9.55 Å². The average Bonchev–Trinajstić information content (AvgIpc) is 2.68. The number of rotatable bonds is 6. The molecular weight excluding hydrogens is 222 g/mol. The Bertz CT molecular complexity index is 366. The fourth-order valence-electron chi connectivity index (χ4n) is 1.13. The minimum absolute atomic E-state index is 0.0444. The van der Waals surface area contributed by atoms with E-state index in [1.54, 1.807) is 6.92 Å². The molecule has 5 nitrogen and oxygen atoms in total. The Morgan fingerprint density at radius 2 is 2.38 bits per heavy atom. The molecule has 0 aromatic carbocycles. The lowest BCUT2D eigenvalue weighted by Gasteiger charge is -2.05. The van der Waals surface area contributed by atoms with Gasteiger partial charge in [0, 0.05) is 12.8 Å². The van der Waals surface area contributed by atoms with E-state index in [1.165, 1.54) is 6.20 Å². The lowest BCUT2D eigenvalue weighted by Crippen LogP contribution is -2.18. The van der Waals surface area contributed by atoms with Crippen molar-refractivity contribution >= 4 is 5.78 Å². The Labute approximate surface area is 90.7 Å². The first kappa shape index (κ1) is 12.7. The Morgan fingerprint density at radius 3 is 2.88 bits per heavy atom. The zero-order valence-corrected chi connectivity index (χ0v) is 8.69. The van der Waals surface area contributed by atoms with Crippen LogP contribution in [0.3, 0.4) is 0 Å². The standard InChI is InChI=1S/C9H12F2N2O3/c1-2-16-5-13-3-6(4-14)12-9(13)7(15)8(10)11/h3,8,14H,2,4-5H2,1H3. The second-order valence-electron chi connectivity index (χ2n) is 2.97. The molecule has 0 unspecified atom stereocenters. The average molecular weight is 234 g/mol. The smallest absolute Gasteiger partial charge is 0.303 e. The van der Waals surface area contributed by atoms with Gasteiger partial charge in [-0.2, -0.15) is 0 Å². The van der Waals surface area contributed by atoms with Crippen LogP contribution in [0.1, 0.15) is 23.2 Å². The zero-order chi connectivity index (χ0) is 12.1. The van der Waals surface area contributed by atoms with E-state index in [-0.39, 0.29) is 12.4 Å². The van der Waals surface area contributed by atoms with Gasteiger partial charge in [0.1, 0.15) is 6.73 Å². The van der Waals surface area contributed by atoms with Crippen molar-refractivity contribution in [2.45, 2.75) is 26.7 Å². The van der Waals surface area contributed by atoms with Gasteiger partial charge in [-0.1, -0.05) is 0 Å². The lowest BCUT2D eigenvalue weighted by atomic mass is 10.4. The van der Waals surface area contributed by atoms with Crippen molar-refractivity contribution in [3.05, 3.63) is 17.7 Å². The van der Waals surface area contributed by atoms with Crippen molar-refractivity contribution in [2.24, 2.45) is 0 Å². The van der Waals surface area contributed by atoms with E-state index >= 15 is 0 Å². The van der Waals surface area contributed by atoms with Gasteiger partial charge in [0.05, 0.1) is 12.3 Å². The van der Waals surface area contributed by atoms with Crippen LogP contribution in [0.2, 0.25) is 0 Å². The molecule has 0 saturated carbocycles. The molecule has 0 atom stereocenters. The summed E-state index contributed by atoms with van der Waals surface area (Å²) in [5, 5.41) is 8.81. The van der Waals surface area contributed by atoms with Gasteiger partial charge in [0.25, 0.3) is 5.78 Å². The molecule has 0 bridgehead atoms. The third-order valence-corrected chi connectivity index (χ3v) is 1.84. The van der Waals surface area contributed by atoms with Crippen LogP contribution < -0.4 is 0 Å². The molecule has 0 aliphatic carbocycles. The lowest BCUT2D eigenvalue weighted by molar-refractivity contribution is 0.0609. The highest BCUT2D eigenvalue weighted by Gasteiger charge is 2.24. The summed E-state index contributed by atoms with van der Waals surface area (Å²) in [5.41, 5.74) is 0.156. The molecule has 0 amide bonds. The molecule has 0 saturated heterocycles. The largest absolute Gasteiger partial charge is 0.390 e. The molecule has 1 aromatic heterocycles. The van der Waals surface area contributed by atoms with Gasteiger partial charge in [-0.25, -0.2) is 13.8 Å². The van der Waals surface area contributed by atoms with Crippen LogP contribution in [-0.4, -0.2) is 33.5 Å². The monoisotopic (exact) mass is 234 g/mol. The minimum Gasteiger partial charge on any atom is -0.390 e. The third-order valence-electron chi connectivity index (χ3n) is 1.84. The number of nitrogens with zero attached hydrogens (tertiary/aromatic N) is 2. The van der Waals surface area contributed by atoms with Crippen molar-refractivity contribution in [1.29, 1.82) is 0 Å². The highest BCUT2D eigenvalue weighted by molar-refractivity contribution is 5.95. The molecule has 1 aromatic rings. The number of alkyl halides is 2. The number of hydrogen-bond acceptors (Lipinski definition) is 4. The summed E-state index contributed by atoms with van der Waals surface area (Å²) in [7, 11) is 0. The summed E-state index contributed by atoms with van der Waals surface area (Å²) < 4.78 is 30.6. The maximum atomic E-state index is 12.2. The molecule has 1 N–H and O–H groups in total. The van der Waals surface area contributed by atoms with Crippen molar-refractivity contribution in [3.63, 3.8) is 0 Å². The predicted molar refractivity (Wildman–Crippen MR) is 50.1 cm³/mol. The van der Waals surface area contributed by atoms with Crippen molar-refractivity contribution in [3.8, 4) is 0 Å². The summed E-state index contributed by atoms with van der Waals surface area (Å²) in [4.78, 5) is 14.7. The highest BCUT2D eigenvalue weighted by atomic mass is 19.3. The van der Waals surface area contributed by atoms with Crippen molar-refractivity contribution in [2.75, 3.05) is 6.61 Å². The number of carbonyl (C=O) groups excluding carboxylic acids is 1. The predicted octanol–water partition coefficient (Wildman–Crippen LogP) is 0.817. The summed E-state index contributed by atoms with van der Waals surface area (Å²) in [6.45, 7) is 1.66. The third kappa shape index (κ3) is 2.83. The van der Waals surface area contributed by atoms with Crippen LogP contribution in [0.25, 0.3) is 0 Å². The second-order valence-corrected chi connectivity index (χ2v) is 2.97. The number of hydrogen-bond donors (Lipinski definition) is 1. The molecule has 90 valence electrons. The number of aliphatic hydroxyl groups excluding tert-OH is 1. The number of ketones is 1. The summed E-state index contributed by atoms with van der Waals surface area (Å²) in [5.74, 6) is -1.77. The molecule has 0 aliphatic heterocycles. The van der Waals surface area contributed by atoms with E-state index in [2.05, 4.69) is 4.98 Å². The molecule has 0 radical (unpaired) electrons. The van der Waals surface area contributed by atoms with Gasteiger partial charge in [-0.05, 0) is 6.92 Å². The number of ether oxygens (including phenoxy) is 1. The number of Topliss-reactive ketones (excluding diaryl/α,β-unsaturated/α-hetero) is 1. The van der Waals surface area contributed by atoms with Crippen molar-refractivity contribution < 1.29 is 23.4 Å². The molecular formula is C9H12F2N2O3. The minimum atomic E-state index is -3.12. The van der Waals surface area contributed by atoms with Crippen LogP contribution in [0.15, 0.2) is 6.20 Å². The summed E-state index contributed by atoms with van der Waals surface area (Å²) in [6, 6.07) is 0. The maximum Gasteiger partial charge on any atom is 0.303 e. The van der Waals surface area contributed by atoms with E-state index in [1.807, 2.05) is 0 Å². The topological polar surface area (TPSA) is 64.3 Å². The van der Waals surface area contributed by atoms with Gasteiger partial charge < -0.3 is 14.4 Å². The first-order valence-electron chi connectivity index (χ1n) is 4.67. The van der Waals surface area contributed by atoms with E-state index in [0.717, 1.165) is 4.57 Å². The SMILES string of the molecule is CCOCn1cc(CO)nc1C(=O)C(F)F. The second kappa shape index (κ2) is 5.66. The molecule has 7 heteroatoms. The Balaban J connectivity index is 2.95. The number of aromatic nitrogens is 2. The highest BCUT2D eigenvalue weighted by Crippen LogP contribution is 2.09. The van der Waals surface area contributed by atoms with Crippen LogP contribution >= 0.6 is 0 Å². The van der Waals surface area contributed by atoms with Gasteiger partial charge in [-0.3, -0.25) is 4.79 Å². The Hall–Kier alpha value is -1.34. The fraction of sp³-hybridized carbons (Fsp3) is 0.556. The van der Waals surface area contributed by atoms with Gasteiger partial charge in [0.15, 0.2) is 5.82 Å². The quantitative estimate of drug-likeness (QED) is 0.740. The molecule has 1 rings (SSSR count). The van der Waals surface area contributed by atoms with Crippen LogP contribution in [0.5, 0.6) is 0 Å². The number of halogens is 2. The van der Waals surface area contributed by atoms with Gasteiger partial charge >= 0.3 is 6.43 Å². The normalized spacial score (nSPS) is 11.1. The van der Waals surface area contributed by atoms with Crippen LogP contribution in [0.4, 0.5) is 8.78 Å². The maximum absolute atomic E-state index is 12.2. The Morgan fingerprint density at radius 1 is 1.69 bits per heavy atom. The number of imidazole rings is 1. The first-order chi connectivity index (χ1) is 7.60. The molecule has 0 spiro atoms. The molecule has 0 aliphatic rings. The first-order valence-corrected chi connectivity index (χ1v) is 4.67. The molecule has 1 heterocycles. The zero-order valence-electron chi connectivity index (χ0n) is 8.69. The summed E-state index contributed by atoms with van der Waals surface area (Å²) >= 11 is 0. The van der Waals surface area contributed by atoms with Gasteiger partial charge in [-0.15, -0.1) is 0 Å². The van der Waals surface area contributed by atoms with Crippen LogP contribution in [-0.2, 0) is 18.1 Å². The fourth-order valence-corrected chi connectivity index (χ4v) is 1.13. The van der Waals surface area contributed by atoms with E-state index in [9.17, 15) is 13.6 Å². The van der Waals surface area contributed by atoms with E-state index in [0.29, 0.717) is 6.61 Å². The van der Waals surface area contributed by atoms with E-state index in [4.69, 9.17) is 9.84 Å². The van der Waals surface area contributed by atoms with Gasteiger partial charge in [0.2, 0.25) is 0 Å². The number of carbonyl (C=O) groups is 1.